The van der Waals surface area contributed by atoms with Crippen LogP contribution in [-0.4, -0.2) is 27.2 Å². The molecule has 154 valence electrons. The van der Waals surface area contributed by atoms with Gasteiger partial charge in [0.25, 0.3) is 0 Å². The molecule has 1 heterocycles. The summed E-state index contributed by atoms with van der Waals surface area (Å²) >= 11 is 6.88. The van der Waals surface area contributed by atoms with Gasteiger partial charge in [0, 0.05) is 11.1 Å². The molecule has 1 aromatic carbocycles. The van der Waals surface area contributed by atoms with E-state index in [0.717, 1.165) is 43.4 Å². The van der Waals surface area contributed by atoms with Crippen LogP contribution in [0.15, 0.2) is 42.7 Å². The Kier molecular flexibility index (Phi) is 4.91. The quantitative estimate of drug-likeness (QED) is 0.532. The first-order valence-electron chi connectivity index (χ1n) is 10.7. The van der Waals surface area contributed by atoms with Crippen LogP contribution in [0, 0.1) is 17.3 Å². The van der Waals surface area contributed by atoms with E-state index < -0.39 is 0 Å². The Morgan fingerprint density at radius 3 is 2.69 bits per heavy atom. The highest BCUT2D eigenvalue weighted by Crippen LogP contribution is 2.64. The van der Waals surface area contributed by atoms with E-state index in [9.17, 15) is 4.79 Å². The minimum Gasteiger partial charge on any atom is -0.375 e. The highest BCUT2D eigenvalue weighted by molar-refractivity contribution is 6.24. The van der Waals surface area contributed by atoms with E-state index in [4.69, 9.17) is 16.3 Å². The number of rotatable bonds is 7. The summed E-state index contributed by atoms with van der Waals surface area (Å²) in [5.74, 6) is 1.37. The second-order valence-electron chi connectivity index (χ2n) is 9.38. The molecule has 29 heavy (non-hydrogen) atoms. The number of benzene rings is 1. The molecule has 1 amide bonds. The summed E-state index contributed by atoms with van der Waals surface area (Å²) in [5, 5.41) is 7.50. The zero-order valence-electron chi connectivity index (χ0n) is 16.6. The highest BCUT2D eigenvalue weighted by Gasteiger charge is 2.60. The van der Waals surface area contributed by atoms with Gasteiger partial charge in [0.15, 0.2) is 0 Å². The van der Waals surface area contributed by atoms with Gasteiger partial charge in [-0.2, -0.15) is 5.10 Å². The van der Waals surface area contributed by atoms with E-state index in [2.05, 4.69) is 22.5 Å². The van der Waals surface area contributed by atoms with E-state index in [-0.39, 0.29) is 16.2 Å². The lowest BCUT2D eigenvalue weighted by molar-refractivity contribution is -0.138. The summed E-state index contributed by atoms with van der Waals surface area (Å²) in [7, 11) is 0. The number of nitrogens with zero attached hydrogens (tertiary/aromatic N) is 2. The molecule has 0 aliphatic heterocycles. The Balaban J connectivity index is 1.15. The summed E-state index contributed by atoms with van der Waals surface area (Å²) in [6.45, 7) is 1.82. The van der Waals surface area contributed by atoms with Crippen LogP contribution in [-0.2, 0) is 22.7 Å². The van der Waals surface area contributed by atoms with Gasteiger partial charge in [-0.3, -0.25) is 9.48 Å². The van der Waals surface area contributed by atoms with E-state index in [1.807, 2.05) is 29.1 Å². The fraction of sp³-hybridized carbons (Fsp3) is 0.565. The first-order chi connectivity index (χ1) is 14.0. The second kappa shape index (κ2) is 7.44. The Morgan fingerprint density at radius 1 is 1.21 bits per heavy atom. The van der Waals surface area contributed by atoms with Gasteiger partial charge in [-0.1, -0.05) is 30.3 Å². The van der Waals surface area contributed by atoms with Gasteiger partial charge in [-0.05, 0) is 55.9 Å². The zero-order valence-corrected chi connectivity index (χ0v) is 17.4. The normalized spacial score (nSPS) is 32.4. The number of alkyl halides is 1. The zero-order chi connectivity index (χ0) is 19.9. The SMILES string of the molecule is O=C(Nc1cnn(CCOCc2ccccc2)c1)C12CC3CC(CC(Cl)(C3)C1)C2. The van der Waals surface area contributed by atoms with Gasteiger partial charge in [-0.15, -0.1) is 11.6 Å². The molecule has 0 radical (unpaired) electrons. The van der Waals surface area contributed by atoms with E-state index in [0.29, 0.717) is 31.6 Å². The summed E-state index contributed by atoms with van der Waals surface area (Å²) in [4.78, 5) is 13.1. The monoisotopic (exact) mass is 413 g/mol. The van der Waals surface area contributed by atoms with Crippen LogP contribution >= 0.6 is 11.6 Å². The van der Waals surface area contributed by atoms with E-state index in [1.165, 1.54) is 6.42 Å². The molecular weight excluding hydrogens is 386 g/mol. The van der Waals surface area contributed by atoms with Gasteiger partial charge in [0.2, 0.25) is 5.91 Å². The van der Waals surface area contributed by atoms with Crippen LogP contribution in [0.5, 0.6) is 0 Å². The molecule has 4 fully saturated rings. The third-order valence-electron chi connectivity index (χ3n) is 6.94. The van der Waals surface area contributed by atoms with Gasteiger partial charge < -0.3 is 10.1 Å². The van der Waals surface area contributed by atoms with Crippen molar-refractivity contribution in [3.05, 3.63) is 48.3 Å². The summed E-state index contributed by atoms with van der Waals surface area (Å²) in [5.41, 5.74) is 1.64. The predicted octanol–water partition coefficient (Wildman–Crippen LogP) is 4.62. The van der Waals surface area contributed by atoms with Gasteiger partial charge in [0.1, 0.15) is 0 Å². The van der Waals surface area contributed by atoms with Crippen LogP contribution in [0.25, 0.3) is 0 Å². The minimum absolute atomic E-state index is 0.136. The maximum absolute atomic E-state index is 13.2. The number of amides is 1. The van der Waals surface area contributed by atoms with Crippen molar-refractivity contribution >= 4 is 23.2 Å². The number of aromatic nitrogens is 2. The number of anilines is 1. The molecule has 0 saturated heterocycles. The Labute approximate surface area is 176 Å². The summed E-state index contributed by atoms with van der Waals surface area (Å²) in [6, 6.07) is 10.1. The molecule has 4 aliphatic carbocycles. The van der Waals surface area contributed by atoms with Crippen molar-refractivity contribution in [2.75, 3.05) is 11.9 Å². The van der Waals surface area contributed by atoms with Crippen molar-refractivity contribution in [1.82, 2.24) is 9.78 Å². The Hall–Kier alpha value is -1.85. The van der Waals surface area contributed by atoms with Crippen molar-refractivity contribution in [2.45, 2.75) is 56.6 Å². The smallest absolute Gasteiger partial charge is 0.230 e. The molecule has 4 saturated carbocycles. The van der Waals surface area contributed by atoms with Crippen molar-refractivity contribution in [2.24, 2.45) is 17.3 Å². The van der Waals surface area contributed by atoms with Crippen molar-refractivity contribution < 1.29 is 9.53 Å². The first kappa shape index (κ1) is 19.1. The molecular formula is C23H28ClN3O2. The number of carbonyl (C=O) groups is 1. The predicted molar refractivity (Wildman–Crippen MR) is 113 cm³/mol. The van der Waals surface area contributed by atoms with Crippen molar-refractivity contribution in [3.63, 3.8) is 0 Å². The van der Waals surface area contributed by atoms with Crippen molar-refractivity contribution in [3.8, 4) is 0 Å². The lowest BCUT2D eigenvalue weighted by Crippen LogP contribution is -2.57. The van der Waals surface area contributed by atoms with Gasteiger partial charge in [-0.25, -0.2) is 0 Å². The molecule has 6 heteroatoms. The highest BCUT2D eigenvalue weighted by atomic mass is 35.5. The number of hydrogen-bond acceptors (Lipinski definition) is 3. The lowest BCUT2D eigenvalue weighted by atomic mass is 9.49. The average molecular weight is 414 g/mol. The maximum atomic E-state index is 13.2. The standard InChI is InChI=1S/C23H28ClN3O2/c24-23-11-18-8-19(12-23)10-22(9-18,16-23)21(28)26-20-13-25-27(14-20)6-7-29-15-17-4-2-1-3-5-17/h1-5,13-14,18-19H,6-12,15-16H2,(H,26,28). The Morgan fingerprint density at radius 2 is 1.97 bits per heavy atom. The average Bonchev–Trinajstić information content (AvgIpc) is 3.11. The first-order valence-corrected chi connectivity index (χ1v) is 11.0. The largest absolute Gasteiger partial charge is 0.375 e. The number of ether oxygens (including phenoxy) is 1. The summed E-state index contributed by atoms with van der Waals surface area (Å²) in [6.07, 6.45) is 9.84. The topological polar surface area (TPSA) is 56.2 Å². The molecule has 0 spiro atoms. The van der Waals surface area contributed by atoms with Crippen LogP contribution in [0.2, 0.25) is 0 Å². The fourth-order valence-corrected chi connectivity index (χ4v) is 6.85. The number of nitrogens with one attached hydrogen (secondary N) is 1. The molecule has 6 rings (SSSR count). The number of carbonyl (C=O) groups excluding carboxylic acids is 1. The third kappa shape index (κ3) is 3.95. The Bertz CT molecular complexity index is 867. The minimum atomic E-state index is -0.285. The molecule has 1 aromatic heterocycles. The molecule has 2 atom stereocenters. The van der Waals surface area contributed by atoms with Crippen LogP contribution < -0.4 is 5.32 Å². The van der Waals surface area contributed by atoms with Crippen LogP contribution in [0.4, 0.5) is 5.69 Å². The molecule has 4 bridgehead atoms. The third-order valence-corrected chi connectivity index (χ3v) is 7.38. The van der Waals surface area contributed by atoms with Gasteiger partial charge in [0.05, 0.1) is 37.1 Å². The molecule has 2 unspecified atom stereocenters. The molecule has 5 nitrogen and oxygen atoms in total. The molecule has 2 aromatic rings. The molecule has 4 aliphatic rings. The number of hydrogen-bond donors (Lipinski definition) is 1. The summed E-state index contributed by atoms with van der Waals surface area (Å²) < 4.78 is 7.55. The van der Waals surface area contributed by atoms with E-state index >= 15 is 0 Å². The van der Waals surface area contributed by atoms with E-state index in [1.54, 1.807) is 6.20 Å². The fourth-order valence-electron chi connectivity index (χ4n) is 6.15. The van der Waals surface area contributed by atoms with Crippen LogP contribution in [0.1, 0.15) is 44.1 Å². The second-order valence-corrected chi connectivity index (χ2v) is 10.2. The van der Waals surface area contributed by atoms with Crippen molar-refractivity contribution in [1.29, 1.82) is 0 Å². The lowest BCUT2D eigenvalue weighted by Gasteiger charge is -2.59. The van der Waals surface area contributed by atoms with Crippen LogP contribution in [0.3, 0.4) is 0 Å². The molecule has 1 N–H and O–H groups in total. The van der Waals surface area contributed by atoms with Gasteiger partial charge >= 0.3 is 0 Å². The number of halogens is 1. The maximum Gasteiger partial charge on any atom is 0.230 e.